The molecular weight excluding hydrogens is 218 g/mol. The highest BCUT2D eigenvalue weighted by Gasteiger charge is 2.10. The molecule has 90 valence electrons. The first-order valence-electron chi connectivity index (χ1n) is 4.53. The van der Waals surface area contributed by atoms with E-state index in [1.807, 2.05) is 0 Å². The maximum atomic E-state index is 12.2. The Balaban J connectivity index is 0.000000385. The number of aliphatic hydroxyl groups is 2. The molecule has 5 nitrogen and oxygen atoms in total. The van der Waals surface area contributed by atoms with Gasteiger partial charge in [0, 0.05) is 0 Å². The zero-order valence-electron chi connectivity index (χ0n) is 8.75. The summed E-state index contributed by atoms with van der Waals surface area (Å²) in [5.74, 6) is -0.189. The lowest BCUT2D eigenvalue weighted by Gasteiger charge is -2.02. The smallest absolute Gasteiger partial charge is 0.512 e. The third kappa shape index (κ3) is 8.19. The summed E-state index contributed by atoms with van der Waals surface area (Å²) in [6, 6.07) is 4.93. The van der Waals surface area contributed by atoms with Crippen LogP contribution in [0.4, 0.5) is 4.39 Å². The van der Waals surface area contributed by atoms with E-state index in [-0.39, 0.29) is 12.4 Å². The van der Waals surface area contributed by atoms with Crippen LogP contribution in [0.1, 0.15) is 6.92 Å². The molecule has 0 radical (unpaired) electrons. The predicted molar refractivity (Wildman–Crippen MR) is 56.0 cm³/mol. The Bertz CT molecular complexity index is 278. The van der Waals surface area contributed by atoms with Gasteiger partial charge < -0.3 is 24.9 Å². The molecule has 4 N–H and O–H groups in total. The van der Waals surface area contributed by atoms with Crippen LogP contribution >= 0.6 is 0 Å². The SMILES string of the molecule is CC(O)CO.OB(O)Oc1ccc(F)cc1. The molecule has 1 unspecified atom stereocenters. The van der Waals surface area contributed by atoms with Crippen LogP contribution in [0.5, 0.6) is 5.75 Å². The molecule has 1 aromatic carbocycles. The normalized spacial score (nSPS) is 11.1. The molecule has 0 aliphatic carbocycles. The minimum atomic E-state index is -1.86. The van der Waals surface area contributed by atoms with Gasteiger partial charge in [0.2, 0.25) is 0 Å². The maximum absolute atomic E-state index is 12.2. The Labute approximate surface area is 92.9 Å². The van der Waals surface area contributed by atoms with Gasteiger partial charge in [0.25, 0.3) is 0 Å². The van der Waals surface area contributed by atoms with Crippen LogP contribution < -0.4 is 4.65 Å². The molecule has 0 spiro atoms. The summed E-state index contributed by atoms with van der Waals surface area (Å²) in [7, 11) is -1.86. The molecule has 7 heteroatoms. The summed E-state index contributed by atoms with van der Waals surface area (Å²) in [5, 5.41) is 32.6. The van der Waals surface area contributed by atoms with Crippen molar-refractivity contribution in [2.24, 2.45) is 0 Å². The molecule has 0 aliphatic heterocycles. The van der Waals surface area contributed by atoms with Gasteiger partial charge in [0.05, 0.1) is 12.7 Å². The second-order valence-electron chi connectivity index (χ2n) is 2.93. The molecule has 0 aliphatic rings. The molecule has 0 fully saturated rings. The quantitative estimate of drug-likeness (QED) is 0.529. The van der Waals surface area contributed by atoms with Crippen molar-refractivity contribution >= 4 is 7.32 Å². The van der Waals surface area contributed by atoms with Crippen LogP contribution in [-0.4, -0.2) is 40.3 Å². The summed E-state index contributed by atoms with van der Waals surface area (Å²) in [6.45, 7) is 1.39. The summed E-state index contributed by atoms with van der Waals surface area (Å²) in [6.07, 6.45) is -0.560. The minimum absolute atomic E-state index is 0.139. The lowest BCUT2D eigenvalue weighted by molar-refractivity contribution is 0.110. The number of benzene rings is 1. The van der Waals surface area contributed by atoms with Crippen LogP contribution in [0, 0.1) is 5.82 Å². The van der Waals surface area contributed by atoms with Crippen LogP contribution in [0.3, 0.4) is 0 Å². The minimum Gasteiger partial charge on any atom is -0.512 e. The number of hydrogen-bond acceptors (Lipinski definition) is 5. The summed E-state index contributed by atoms with van der Waals surface area (Å²) >= 11 is 0. The lowest BCUT2D eigenvalue weighted by Crippen LogP contribution is -2.20. The van der Waals surface area contributed by atoms with Crippen molar-refractivity contribution in [2.75, 3.05) is 6.61 Å². The molecule has 1 aromatic rings. The predicted octanol–water partition coefficient (Wildman–Crippen LogP) is -0.467. The number of hydrogen-bond donors (Lipinski definition) is 4. The summed E-state index contributed by atoms with van der Waals surface area (Å²) in [5.41, 5.74) is 0. The first kappa shape index (κ1) is 14.9. The molecule has 0 amide bonds. The zero-order chi connectivity index (χ0) is 12.6. The van der Waals surface area contributed by atoms with E-state index in [9.17, 15) is 4.39 Å². The lowest BCUT2D eigenvalue weighted by atomic mass is 10.2. The Morgan fingerprint density at radius 1 is 1.31 bits per heavy atom. The van der Waals surface area contributed by atoms with Gasteiger partial charge in [-0.25, -0.2) is 4.39 Å². The standard InChI is InChI=1S/C6H6BFO3.C3H8O2/c8-5-1-3-6(4-2-5)11-7(9)10;1-3(5)2-4/h1-4,9-10H;3-5H,2H2,1H3. The monoisotopic (exact) mass is 232 g/mol. The van der Waals surface area contributed by atoms with Crippen molar-refractivity contribution in [1.82, 2.24) is 0 Å². The molecule has 1 rings (SSSR count). The van der Waals surface area contributed by atoms with E-state index in [0.717, 1.165) is 12.1 Å². The van der Waals surface area contributed by atoms with Gasteiger partial charge >= 0.3 is 7.32 Å². The second kappa shape index (κ2) is 8.06. The van der Waals surface area contributed by atoms with Crippen LogP contribution in [0.2, 0.25) is 0 Å². The molecule has 0 saturated heterocycles. The van der Waals surface area contributed by atoms with Crippen LogP contribution in [0.25, 0.3) is 0 Å². The van der Waals surface area contributed by atoms with Crippen molar-refractivity contribution in [3.8, 4) is 5.75 Å². The van der Waals surface area contributed by atoms with E-state index in [1.54, 1.807) is 0 Å². The number of aliphatic hydroxyl groups excluding tert-OH is 2. The highest BCUT2D eigenvalue weighted by Crippen LogP contribution is 2.10. The van der Waals surface area contributed by atoms with Crippen molar-refractivity contribution in [3.63, 3.8) is 0 Å². The summed E-state index contributed by atoms with van der Waals surface area (Å²) in [4.78, 5) is 0. The third-order valence-corrected chi connectivity index (χ3v) is 1.32. The van der Waals surface area contributed by atoms with Gasteiger partial charge in [-0.15, -0.1) is 0 Å². The van der Waals surface area contributed by atoms with Gasteiger partial charge in [-0.05, 0) is 31.2 Å². The highest BCUT2D eigenvalue weighted by atomic mass is 19.1. The van der Waals surface area contributed by atoms with Gasteiger partial charge in [0.1, 0.15) is 11.6 Å². The Hall–Kier alpha value is -1.15. The Morgan fingerprint density at radius 2 is 1.75 bits per heavy atom. The first-order valence-corrected chi connectivity index (χ1v) is 4.53. The van der Waals surface area contributed by atoms with Gasteiger partial charge in [-0.2, -0.15) is 0 Å². The number of halogens is 1. The van der Waals surface area contributed by atoms with Gasteiger partial charge in [-0.3, -0.25) is 0 Å². The Morgan fingerprint density at radius 3 is 2.06 bits per heavy atom. The van der Waals surface area contributed by atoms with Crippen molar-refractivity contribution in [3.05, 3.63) is 30.1 Å². The topological polar surface area (TPSA) is 90.2 Å². The number of rotatable bonds is 3. The average molecular weight is 232 g/mol. The summed E-state index contributed by atoms with van der Waals surface area (Å²) < 4.78 is 16.7. The first-order chi connectivity index (χ1) is 7.45. The molecular formula is C9H14BFO5. The molecule has 0 bridgehead atoms. The fourth-order valence-corrected chi connectivity index (χ4v) is 0.635. The van der Waals surface area contributed by atoms with E-state index in [1.165, 1.54) is 19.1 Å². The molecule has 16 heavy (non-hydrogen) atoms. The zero-order valence-corrected chi connectivity index (χ0v) is 8.75. The van der Waals surface area contributed by atoms with E-state index < -0.39 is 19.2 Å². The van der Waals surface area contributed by atoms with Crippen molar-refractivity contribution in [2.45, 2.75) is 13.0 Å². The maximum Gasteiger partial charge on any atom is 0.707 e. The van der Waals surface area contributed by atoms with Gasteiger partial charge in [-0.1, -0.05) is 0 Å². The second-order valence-corrected chi connectivity index (χ2v) is 2.93. The molecule has 1 atom stereocenters. The van der Waals surface area contributed by atoms with Crippen LogP contribution in [0.15, 0.2) is 24.3 Å². The largest absolute Gasteiger partial charge is 0.707 e. The van der Waals surface area contributed by atoms with E-state index in [0.29, 0.717) is 0 Å². The van der Waals surface area contributed by atoms with E-state index in [4.69, 9.17) is 20.3 Å². The molecule has 0 saturated carbocycles. The fraction of sp³-hybridized carbons (Fsp3) is 0.333. The fourth-order valence-electron chi connectivity index (χ4n) is 0.635. The molecule has 0 heterocycles. The highest BCUT2D eigenvalue weighted by molar-refractivity contribution is 6.33. The third-order valence-electron chi connectivity index (χ3n) is 1.32. The van der Waals surface area contributed by atoms with E-state index >= 15 is 0 Å². The molecule has 0 aromatic heterocycles. The Kier molecular flexibility index (Phi) is 7.48. The van der Waals surface area contributed by atoms with Crippen molar-refractivity contribution in [1.29, 1.82) is 0 Å². The van der Waals surface area contributed by atoms with Crippen LogP contribution in [-0.2, 0) is 0 Å². The average Bonchev–Trinajstić information content (AvgIpc) is 2.22. The van der Waals surface area contributed by atoms with Gasteiger partial charge in [0.15, 0.2) is 0 Å². The van der Waals surface area contributed by atoms with Crippen molar-refractivity contribution < 1.29 is 29.3 Å². The van der Waals surface area contributed by atoms with E-state index in [2.05, 4.69) is 4.65 Å².